The average Bonchev–Trinajstić information content (AvgIpc) is 2.81. The molecule has 114 valence electrons. The fraction of sp³-hybridized carbons (Fsp3) is 0.600. The number of aryl methyl sites for hydroxylation is 1. The number of aromatic nitrogens is 2. The van der Waals surface area contributed by atoms with E-state index in [2.05, 4.69) is 16.9 Å². The van der Waals surface area contributed by atoms with Crippen molar-refractivity contribution in [2.45, 2.75) is 38.8 Å². The fourth-order valence-electron chi connectivity index (χ4n) is 2.82. The average molecular weight is 307 g/mol. The second-order valence-electron chi connectivity index (χ2n) is 5.77. The lowest BCUT2D eigenvalue weighted by molar-refractivity contribution is -0.00274. The number of rotatable bonds is 4. The molecule has 21 heavy (non-hydrogen) atoms. The van der Waals surface area contributed by atoms with E-state index in [4.69, 9.17) is 4.74 Å². The summed E-state index contributed by atoms with van der Waals surface area (Å²) in [7, 11) is 2.06. The lowest BCUT2D eigenvalue weighted by atomic mass is 10.1. The first kappa shape index (κ1) is 14.7. The van der Waals surface area contributed by atoms with Crippen molar-refractivity contribution in [2.75, 3.05) is 20.2 Å². The molecule has 2 aromatic heterocycles. The summed E-state index contributed by atoms with van der Waals surface area (Å²) in [5.74, 6) is 0. The van der Waals surface area contributed by atoms with Gasteiger partial charge in [0.1, 0.15) is 0 Å². The van der Waals surface area contributed by atoms with Gasteiger partial charge in [0.15, 0.2) is 4.96 Å². The maximum absolute atomic E-state index is 12.1. The van der Waals surface area contributed by atoms with Gasteiger partial charge in [-0.1, -0.05) is 0 Å². The molecule has 0 amide bonds. The molecule has 1 aliphatic rings. The van der Waals surface area contributed by atoms with Gasteiger partial charge in [-0.05, 0) is 33.2 Å². The van der Waals surface area contributed by atoms with E-state index in [-0.39, 0.29) is 5.56 Å². The number of nitrogens with zero attached hydrogens (tertiary/aromatic N) is 3. The number of hydrogen-bond donors (Lipinski definition) is 0. The van der Waals surface area contributed by atoms with Crippen molar-refractivity contribution in [3.63, 3.8) is 0 Å². The van der Waals surface area contributed by atoms with Gasteiger partial charge in [-0.3, -0.25) is 14.1 Å². The summed E-state index contributed by atoms with van der Waals surface area (Å²) < 4.78 is 7.42. The molecule has 3 rings (SSSR count). The van der Waals surface area contributed by atoms with Gasteiger partial charge >= 0.3 is 0 Å². The topological polar surface area (TPSA) is 46.8 Å². The number of thiazole rings is 1. The van der Waals surface area contributed by atoms with Crippen LogP contribution in [0.4, 0.5) is 0 Å². The van der Waals surface area contributed by atoms with Gasteiger partial charge in [-0.2, -0.15) is 0 Å². The number of likely N-dealkylation sites (N-methyl/N-ethyl adjacent to an activating group) is 1. The van der Waals surface area contributed by atoms with Crippen LogP contribution in [0.15, 0.2) is 16.2 Å². The van der Waals surface area contributed by atoms with Crippen LogP contribution in [0, 0.1) is 6.92 Å². The number of fused-ring (bicyclic) bond motifs is 1. The minimum Gasteiger partial charge on any atom is -0.377 e. The van der Waals surface area contributed by atoms with E-state index in [1.807, 2.05) is 12.3 Å². The van der Waals surface area contributed by atoms with Crippen LogP contribution in [0.3, 0.4) is 0 Å². The zero-order chi connectivity index (χ0) is 14.8. The van der Waals surface area contributed by atoms with Gasteiger partial charge in [-0.25, -0.2) is 4.98 Å². The second-order valence-corrected chi connectivity index (χ2v) is 6.60. The van der Waals surface area contributed by atoms with Crippen molar-refractivity contribution in [3.8, 4) is 0 Å². The summed E-state index contributed by atoms with van der Waals surface area (Å²) in [6, 6.07) is 1.64. The molecule has 0 aromatic carbocycles. The first-order valence-corrected chi connectivity index (χ1v) is 8.28. The molecule has 0 radical (unpaired) electrons. The SMILES string of the molecule is Cc1csc2nc(CN(C)CC3CCCCO3)cc(=O)n12. The zero-order valence-corrected chi connectivity index (χ0v) is 13.4. The minimum absolute atomic E-state index is 0.0102. The predicted molar refractivity (Wildman–Crippen MR) is 84.0 cm³/mol. The van der Waals surface area contributed by atoms with Crippen LogP contribution in [-0.2, 0) is 11.3 Å². The van der Waals surface area contributed by atoms with Crippen molar-refractivity contribution < 1.29 is 4.74 Å². The molecule has 1 saturated heterocycles. The van der Waals surface area contributed by atoms with E-state index < -0.39 is 0 Å². The van der Waals surface area contributed by atoms with Gasteiger partial charge in [0.2, 0.25) is 0 Å². The van der Waals surface area contributed by atoms with E-state index >= 15 is 0 Å². The van der Waals surface area contributed by atoms with Gasteiger partial charge in [0.25, 0.3) is 5.56 Å². The van der Waals surface area contributed by atoms with Crippen molar-refractivity contribution in [2.24, 2.45) is 0 Å². The zero-order valence-electron chi connectivity index (χ0n) is 12.5. The Morgan fingerprint density at radius 2 is 2.38 bits per heavy atom. The molecule has 2 aromatic rings. The Hall–Kier alpha value is -1.24. The molecule has 3 heterocycles. The number of ether oxygens (including phenoxy) is 1. The van der Waals surface area contributed by atoms with E-state index in [0.29, 0.717) is 12.6 Å². The Balaban J connectivity index is 1.70. The molecular formula is C15H21N3O2S. The van der Waals surface area contributed by atoms with E-state index in [1.54, 1.807) is 10.5 Å². The molecule has 6 heteroatoms. The lowest BCUT2D eigenvalue weighted by Crippen LogP contribution is -2.33. The summed E-state index contributed by atoms with van der Waals surface area (Å²) in [6.45, 7) is 4.38. The van der Waals surface area contributed by atoms with E-state index in [9.17, 15) is 4.79 Å². The molecule has 1 atom stereocenters. The first-order valence-electron chi connectivity index (χ1n) is 7.40. The van der Waals surface area contributed by atoms with Crippen molar-refractivity contribution >= 4 is 16.3 Å². The highest BCUT2D eigenvalue weighted by molar-refractivity contribution is 7.15. The molecule has 5 nitrogen and oxygen atoms in total. The van der Waals surface area contributed by atoms with Crippen LogP contribution in [0.5, 0.6) is 0 Å². The summed E-state index contributed by atoms with van der Waals surface area (Å²) in [6.07, 6.45) is 3.87. The summed E-state index contributed by atoms with van der Waals surface area (Å²) in [4.78, 5) is 19.7. The van der Waals surface area contributed by atoms with E-state index in [1.165, 1.54) is 24.2 Å². The van der Waals surface area contributed by atoms with Crippen LogP contribution in [0.25, 0.3) is 4.96 Å². The van der Waals surface area contributed by atoms with Gasteiger partial charge in [0, 0.05) is 36.8 Å². The van der Waals surface area contributed by atoms with Crippen molar-refractivity contribution in [1.29, 1.82) is 0 Å². The summed E-state index contributed by atoms with van der Waals surface area (Å²) in [5.41, 5.74) is 1.79. The van der Waals surface area contributed by atoms with Crippen LogP contribution in [0.2, 0.25) is 0 Å². The molecule has 0 spiro atoms. The Labute approximate surface area is 128 Å². The van der Waals surface area contributed by atoms with Gasteiger partial charge < -0.3 is 4.74 Å². The standard InChI is InChI=1S/C15H21N3O2S/c1-11-10-21-15-16-12(7-14(19)18(11)15)8-17(2)9-13-5-3-4-6-20-13/h7,10,13H,3-6,8-9H2,1-2H3. The van der Waals surface area contributed by atoms with Crippen molar-refractivity contribution in [1.82, 2.24) is 14.3 Å². The van der Waals surface area contributed by atoms with E-state index in [0.717, 1.165) is 35.9 Å². The van der Waals surface area contributed by atoms with Crippen LogP contribution >= 0.6 is 11.3 Å². The third-order valence-corrected chi connectivity index (χ3v) is 4.79. The maximum Gasteiger partial charge on any atom is 0.259 e. The van der Waals surface area contributed by atoms with Gasteiger partial charge in [-0.15, -0.1) is 11.3 Å². The predicted octanol–water partition coefficient (Wildman–Crippen LogP) is 2.07. The third kappa shape index (κ3) is 3.33. The molecular weight excluding hydrogens is 286 g/mol. The molecule has 1 fully saturated rings. The normalized spacial score (nSPS) is 19.5. The van der Waals surface area contributed by atoms with Crippen LogP contribution < -0.4 is 5.56 Å². The second kappa shape index (κ2) is 6.25. The Morgan fingerprint density at radius 1 is 1.52 bits per heavy atom. The highest BCUT2D eigenvalue weighted by atomic mass is 32.1. The maximum atomic E-state index is 12.1. The Kier molecular flexibility index (Phi) is 4.37. The minimum atomic E-state index is 0.0102. The first-order chi connectivity index (χ1) is 10.1. The quantitative estimate of drug-likeness (QED) is 0.867. The summed E-state index contributed by atoms with van der Waals surface area (Å²) >= 11 is 1.51. The number of hydrogen-bond acceptors (Lipinski definition) is 5. The molecule has 0 bridgehead atoms. The molecule has 1 unspecified atom stereocenters. The highest BCUT2D eigenvalue weighted by Gasteiger charge is 2.16. The Bertz CT molecular complexity index is 673. The molecule has 0 N–H and O–H groups in total. The van der Waals surface area contributed by atoms with Crippen LogP contribution in [0.1, 0.15) is 30.7 Å². The highest BCUT2D eigenvalue weighted by Crippen LogP contribution is 2.15. The smallest absolute Gasteiger partial charge is 0.259 e. The third-order valence-electron chi connectivity index (χ3n) is 3.85. The molecule has 0 aliphatic carbocycles. The monoisotopic (exact) mass is 307 g/mol. The van der Waals surface area contributed by atoms with Crippen molar-refractivity contribution in [3.05, 3.63) is 33.2 Å². The largest absolute Gasteiger partial charge is 0.377 e. The molecule has 0 saturated carbocycles. The summed E-state index contributed by atoms with van der Waals surface area (Å²) in [5, 5.41) is 1.97. The fourth-order valence-corrected chi connectivity index (χ4v) is 3.71. The van der Waals surface area contributed by atoms with Gasteiger partial charge in [0.05, 0.1) is 11.8 Å². The Morgan fingerprint density at radius 3 is 3.14 bits per heavy atom. The molecule has 1 aliphatic heterocycles. The lowest BCUT2D eigenvalue weighted by Gasteiger charge is -2.27. The van der Waals surface area contributed by atoms with Crippen LogP contribution in [-0.4, -0.2) is 40.6 Å².